The molecule has 1 unspecified atom stereocenters. The van der Waals surface area contributed by atoms with Crippen LogP contribution in [0.4, 0.5) is 5.69 Å². The molecule has 3 nitrogen and oxygen atoms in total. The summed E-state index contributed by atoms with van der Waals surface area (Å²) in [5, 5.41) is 2.04. The number of hydrogen-bond donors (Lipinski definition) is 1. The van der Waals surface area contributed by atoms with Crippen molar-refractivity contribution in [3.05, 3.63) is 58.6 Å². The number of ether oxygens (including phenoxy) is 1. The summed E-state index contributed by atoms with van der Waals surface area (Å²) < 4.78 is 5.90. The topological polar surface area (TPSA) is 38.3 Å². The van der Waals surface area contributed by atoms with Gasteiger partial charge in [0.2, 0.25) is 5.91 Å². The van der Waals surface area contributed by atoms with Gasteiger partial charge in [0.1, 0.15) is 11.1 Å². The number of anilines is 1. The molecule has 2 aromatic rings. The Kier molecular flexibility index (Phi) is 5.04. The predicted molar refractivity (Wildman–Crippen MR) is 84.4 cm³/mol. The highest BCUT2D eigenvalue weighted by Crippen LogP contribution is 2.29. The zero-order chi connectivity index (χ0) is 14.5. The van der Waals surface area contributed by atoms with Gasteiger partial charge in [-0.25, -0.2) is 0 Å². The first kappa shape index (κ1) is 14.9. The molecule has 1 amide bonds. The number of rotatable bonds is 4. The minimum absolute atomic E-state index is 0.285. The van der Waals surface area contributed by atoms with Gasteiger partial charge in [-0.2, -0.15) is 0 Å². The molecule has 104 valence electrons. The van der Waals surface area contributed by atoms with Crippen LogP contribution >= 0.6 is 27.5 Å². The molecule has 0 saturated heterocycles. The Morgan fingerprint density at radius 2 is 1.95 bits per heavy atom. The lowest BCUT2D eigenvalue weighted by Gasteiger charge is -2.13. The highest BCUT2D eigenvalue weighted by atomic mass is 79.9. The summed E-state index contributed by atoms with van der Waals surface area (Å²) in [6.07, 6.45) is 0. The van der Waals surface area contributed by atoms with Crippen molar-refractivity contribution in [2.24, 2.45) is 0 Å². The number of hydrogen-bond acceptors (Lipinski definition) is 2. The van der Waals surface area contributed by atoms with Crippen LogP contribution in [0.3, 0.4) is 0 Å². The van der Waals surface area contributed by atoms with Crippen molar-refractivity contribution in [3.8, 4) is 5.75 Å². The van der Waals surface area contributed by atoms with Crippen molar-refractivity contribution in [1.29, 1.82) is 0 Å². The number of amides is 1. The van der Waals surface area contributed by atoms with Gasteiger partial charge in [-0.1, -0.05) is 30.3 Å². The van der Waals surface area contributed by atoms with Crippen molar-refractivity contribution < 1.29 is 9.53 Å². The number of carbonyl (C=O) groups excluding carboxylic acids is 1. The lowest BCUT2D eigenvalue weighted by molar-refractivity contribution is -0.116. The fourth-order valence-corrected chi connectivity index (χ4v) is 2.24. The van der Waals surface area contributed by atoms with Gasteiger partial charge in [-0.3, -0.25) is 4.79 Å². The van der Waals surface area contributed by atoms with E-state index in [0.717, 1.165) is 10.0 Å². The van der Waals surface area contributed by atoms with Crippen LogP contribution in [0.2, 0.25) is 0 Å². The first-order valence-corrected chi connectivity index (χ1v) is 7.18. The molecule has 0 fully saturated rings. The summed E-state index contributed by atoms with van der Waals surface area (Å²) in [6, 6.07) is 14.5. The van der Waals surface area contributed by atoms with E-state index in [9.17, 15) is 4.79 Å². The fourth-order valence-electron chi connectivity index (χ4n) is 1.70. The number of benzene rings is 2. The molecule has 1 atom stereocenters. The second kappa shape index (κ2) is 6.77. The van der Waals surface area contributed by atoms with Gasteiger partial charge < -0.3 is 10.1 Å². The summed E-state index contributed by atoms with van der Waals surface area (Å²) in [5.41, 5.74) is 1.38. The van der Waals surface area contributed by atoms with Crippen LogP contribution in [0.5, 0.6) is 5.75 Å². The third kappa shape index (κ3) is 3.52. The van der Waals surface area contributed by atoms with Crippen molar-refractivity contribution in [2.75, 3.05) is 12.4 Å². The lowest BCUT2D eigenvalue weighted by atomic mass is 10.1. The molecule has 0 aliphatic rings. The van der Waals surface area contributed by atoms with E-state index in [1.165, 1.54) is 0 Å². The molecule has 5 heteroatoms. The number of halogens is 2. The van der Waals surface area contributed by atoms with Crippen LogP contribution in [0, 0.1) is 0 Å². The van der Waals surface area contributed by atoms with Crippen LogP contribution < -0.4 is 10.1 Å². The van der Waals surface area contributed by atoms with E-state index in [-0.39, 0.29) is 5.91 Å². The molecule has 0 bridgehead atoms. The van der Waals surface area contributed by atoms with E-state index in [1.807, 2.05) is 30.3 Å². The largest absolute Gasteiger partial charge is 0.497 e. The van der Waals surface area contributed by atoms with Crippen molar-refractivity contribution in [3.63, 3.8) is 0 Å². The van der Waals surface area contributed by atoms with E-state index < -0.39 is 5.38 Å². The van der Waals surface area contributed by atoms with E-state index in [0.29, 0.717) is 11.4 Å². The molecule has 0 saturated carbocycles. The van der Waals surface area contributed by atoms with E-state index in [4.69, 9.17) is 16.3 Å². The Morgan fingerprint density at radius 3 is 2.60 bits per heavy atom. The number of alkyl halides is 1. The number of carbonyl (C=O) groups is 1. The molecule has 0 radical (unpaired) electrons. The van der Waals surface area contributed by atoms with Gasteiger partial charge in [0.05, 0.1) is 12.8 Å². The Morgan fingerprint density at radius 1 is 1.25 bits per heavy atom. The molecule has 1 N–H and O–H groups in total. The Hall–Kier alpha value is -1.52. The zero-order valence-electron chi connectivity index (χ0n) is 10.8. The van der Waals surface area contributed by atoms with Crippen LogP contribution in [-0.4, -0.2) is 13.0 Å². The SMILES string of the molecule is COc1ccc(Br)c(NC(=O)C(Cl)c2ccccc2)c1. The van der Waals surface area contributed by atoms with Crippen LogP contribution in [0.1, 0.15) is 10.9 Å². The van der Waals surface area contributed by atoms with Crippen molar-refractivity contribution in [2.45, 2.75) is 5.38 Å². The minimum Gasteiger partial charge on any atom is -0.497 e. The Balaban J connectivity index is 2.15. The Labute approximate surface area is 131 Å². The van der Waals surface area contributed by atoms with Crippen molar-refractivity contribution >= 4 is 39.1 Å². The third-order valence-corrected chi connectivity index (χ3v) is 3.90. The molecule has 0 aromatic heterocycles. The first-order chi connectivity index (χ1) is 9.61. The molecular formula is C15H13BrClNO2. The van der Waals surface area contributed by atoms with Crippen LogP contribution in [0.25, 0.3) is 0 Å². The minimum atomic E-state index is -0.741. The highest BCUT2D eigenvalue weighted by Gasteiger charge is 2.18. The maximum Gasteiger partial charge on any atom is 0.247 e. The zero-order valence-corrected chi connectivity index (χ0v) is 13.1. The third-order valence-electron chi connectivity index (χ3n) is 2.75. The average Bonchev–Trinajstić information content (AvgIpc) is 2.49. The predicted octanol–water partition coefficient (Wildman–Crippen LogP) is 4.38. The molecular weight excluding hydrogens is 342 g/mol. The summed E-state index contributed by atoms with van der Waals surface area (Å²) in [4.78, 5) is 12.2. The van der Waals surface area contributed by atoms with E-state index >= 15 is 0 Å². The summed E-state index contributed by atoms with van der Waals surface area (Å²) in [6.45, 7) is 0. The Bertz CT molecular complexity index is 604. The molecule has 20 heavy (non-hydrogen) atoms. The highest BCUT2D eigenvalue weighted by molar-refractivity contribution is 9.10. The maximum absolute atomic E-state index is 12.2. The maximum atomic E-state index is 12.2. The van der Waals surface area contributed by atoms with Gasteiger partial charge >= 0.3 is 0 Å². The number of methoxy groups -OCH3 is 1. The summed E-state index contributed by atoms with van der Waals surface area (Å²) in [7, 11) is 1.57. The van der Waals surface area contributed by atoms with Gasteiger partial charge in [0.25, 0.3) is 0 Å². The summed E-state index contributed by atoms with van der Waals surface area (Å²) in [5.74, 6) is 0.376. The molecule has 0 aliphatic heterocycles. The van der Waals surface area contributed by atoms with Gasteiger partial charge in [0.15, 0.2) is 0 Å². The number of nitrogens with one attached hydrogen (secondary N) is 1. The summed E-state index contributed by atoms with van der Waals surface area (Å²) >= 11 is 9.55. The van der Waals surface area contributed by atoms with E-state index in [2.05, 4.69) is 21.2 Å². The smallest absolute Gasteiger partial charge is 0.247 e. The van der Waals surface area contributed by atoms with Gasteiger partial charge in [0, 0.05) is 10.5 Å². The standard InChI is InChI=1S/C15H13BrClNO2/c1-20-11-7-8-12(16)13(9-11)18-15(19)14(17)10-5-3-2-4-6-10/h2-9,14H,1H3,(H,18,19). The molecule has 2 rings (SSSR count). The van der Waals surface area contributed by atoms with Gasteiger partial charge in [-0.15, -0.1) is 11.6 Å². The molecule has 0 heterocycles. The normalized spacial score (nSPS) is 11.8. The average molecular weight is 355 g/mol. The fraction of sp³-hybridized carbons (Fsp3) is 0.133. The monoisotopic (exact) mass is 353 g/mol. The molecule has 2 aromatic carbocycles. The van der Waals surface area contributed by atoms with Crippen LogP contribution in [-0.2, 0) is 4.79 Å². The van der Waals surface area contributed by atoms with Crippen molar-refractivity contribution in [1.82, 2.24) is 0 Å². The van der Waals surface area contributed by atoms with E-state index in [1.54, 1.807) is 25.3 Å². The van der Waals surface area contributed by atoms with Crippen LogP contribution in [0.15, 0.2) is 53.0 Å². The second-order valence-corrected chi connectivity index (χ2v) is 5.40. The second-order valence-electron chi connectivity index (χ2n) is 4.11. The quantitative estimate of drug-likeness (QED) is 0.828. The molecule has 0 spiro atoms. The first-order valence-electron chi connectivity index (χ1n) is 5.95. The molecule has 0 aliphatic carbocycles. The lowest BCUT2D eigenvalue weighted by Crippen LogP contribution is -2.17. The van der Waals surface area contributed by atoms with Gasteiger partial charge in [-0.05, 0) is 33.6 Å².